The molecule has 2 fully saturated rings. The van der Waals surface area contributed by atoms with E-state index in [1.165, 1.54) is 32.4 Å². The molecule has 0 aromatic heterocycles. The number of hydrogen-bond donors (Lipinski definition) is 1. The minimum absolute atomic E-state index is 0.190. The van der Waals surface area contributed by atoms with Gasteiger partial charge in [0, 0.05) is 12.0 Å². The van der Waals surface area contributed by atoms with E-state index in [4.69, 9.17) is 4.74 Å². The van der Waals surface area contributed by atoms with Crippen LogP contribution in [0.5, 0.6) is 0 Å². The van der Waals surface area contributed by atoms with Crippen molar-refractivity contribution in [1.82, 2.24) is 0 Å². The number of esters is 1. The van der Waals surface area contributed by atoms with Gasteiger partial charge in [-0.1, -0.05) is 0 Å². The minimum Gasteiger partial charge on any atom is -0.461 e. The molecule has 1 aromatic rings. The van der Waals surface area contributed by atoms with Gasteiger partial charge in [-0.05, 0) is 44.2 Å². The van der Waals surface area contributed by atoms with E-state index in [1.807, 2.05) is 0 Å². The molecule has 3 atom stereocenters. The van der Waals surface area contributed by atoms with Crippen molar-refractivity contribution in [3.8, 4) is 0 Å². The first-order chi connectivity index (χ1) is 10.6. The van der Waals surface area contributed by atoms with Crippen LogP contribution in [0.25, 0.3) is 0 Å². The summed E-state index contributed by atoms with van der Waals surface area (Å²) in [4.78, 5) is 13.6. The zero-order valence-corrected chi connectivity index (χ0v) is 12.6. The SMILES string of the molecule is O=C(OC[C@@H]1CCC[NH+]2CCCC[C@H]12)c1ccc(F)cc1F. The first-order valence-corrected chi connectivity index (χ1v) is 8.12. The second kappa shape index (κ2) is 6.73. The lowest BCUT2D eigenvalue weighted by Gasteiger charge is -2.40. The summed E-state index contributed by atoms with van der Waals surface area (Å²) in [5.41, 5.74) is -0.190. The summed E-state index contributed by atoms with van der Waals surface area (Å²) in [7, 11) is 0. The minimum atomic E-state index is -0.862. The van der Waals surface area contributed by atoms with Gasteiger partial charge in [0.1, 0.15) is 18.2 Å². The number of fused-ring (bicyclic) bond motifs is 1. The van der Waals surface area contributed by atoms with Gasteiger partial charge >= 0.3 is 5.97 Å². The smallest absolute Gasteiger partial charge is 0.341 e. The average Bonchev–Trinajstić information content (AvgIpc) is 2.52. The molecule has 0 radical (unpaired) electrons. The lowest BCUT2D eigenvalue weighted by Crippen LogP contribution is -3.18. The summed E-state index contributed by atoms with van der Waals surface area (Å²) < 4.78 is 31.8. The molecule has 0 aliphatic carbocycles. The highest BCUT2D eigenvalue weighted by atomic mass is 19.1. The lowest BCUT2D eigenvalue weighted by atomic mass is 9.84. The van der Waals surface area contributed by atoms with Crippen LogP contribution >= 0.6 is 0 Å². The Morgan fingerprint density at radius 2 is 2.00 bits per heavy atom. The van der Waals surface area contributed by atoms with Gasteiger partial charge in [-0.15, -0.1) is 0 Å². The molecule has 0 amide bonds. The standard InChI is InChI=1S/C17H21F2NO2/c18-13-6-7-14(15(19)10-13)17(21)22-11-12-4-3-9-20-8-2-1-5-16(12)20/h6-7,10,12,16H,1-5,8-9,11H2/p+1/t12-,16+/m0/s1. The van der Waals surface area contributed by atoms with E-state index in [0.717, 1.165) is 25.0 Å². The average molecular weight is 310 g/mol. The van der Waals surface area contributed by atoms with E-state index in [1.54, 1.807) is 4.90 Å². The van der Waals surface area contributed by atoms with Crippen LogP contribution in [0, 0.1) is 17.6 Å². The summed E-state index contributed by atoms with van der Waals surface area (Å²) in [6, 6.07) is 3.50. The van der Waals surface area contributed by atoms with E-state index in [2.05, 4.69) is 0 Å². The van der Waals surface area contributed by atoms with Crippen molar-refractivity contribution < 1.29 is 23.2 Å². The first kappa shape index (κ1) is 15.4. The topological polar surface area (TPSA) is 30.7 Å². The van der Waals surface area contributed by atoms with Gasteiger partial charge in [0.25, 0.3) is 0 Å². The Morgan fingerprint density at radius 3 is 2.82 bits per heavy atom. The number of halogens is 2. The van der Waals surface area contributed by atoms with E-state index in [9.17, 15) is 13.6 Å². The zero-order valence-electron chi connectivity index (χ0n) is 12.6. The fraction of sp³-hybridized carbons (Fsp3) is 0.588. The first-order valence-electron chi connectivity index (χ1n) is 8.12. The van der Waals surface area contributed by atoms with Crippen LogP contribution < -0.4 is 4.90 Å². The van der Waals surface area contributed by atoms with Crippen LogP contribution in [0.4, 0.5) is 8.78 Å². The molecule has 120 valence electrons. The molecule has 5 heteroatoms. The second-order valence-corrected chi connectivity index (χ2v) is 6.39. The Labute approximate surface area is 129 Å². The van der Waals surface area contributed by atoms with Gasteiger partial charge in [0.05, 0.1) is 24.7 Å². The molecule has 2 heterocycles. The largest absolute Gasteiger partial charge is 0.461 e. The third-order valence-electron chi connectivity index (χ3n) is 5.01. The fourth-order valence-corrected chi connectivity index (χ4v) is 3.89. The molecule has 1 unspecified atom stereocenters. The van der Waals surface area contributed by atoms with Crippen molar-refractivity contribution in [3.05, 3.63) is 35.4 Å². The molecular weight excluding hydrogens is 288 g/mol. The van der Waals surface area contributed by atoms with Gasteiger partial charge in [-0.3, -0.25) is 0 Å². The summed E-state index contributed by atoms with van der Waals surface area (Å²) in [6.07, 6.45) is 5.92. The van der Waals surface area contributed by atoms with Crippen molar-refractivity contribution >= 4 is 5.97 Å². The highest BCUT2D eigenvalue weighted by molar-refractivity contribution is 5.89. The van der Waals surface area contributed by atoms with Gasteiger partial charge in [-0.2, -0.15) is 0 Å². The van der Waals surface area contributed by atoms with E-state index in [-0.39, 0.29) is 5.56 Å². The van der Waals surface area contributed by atoms with E-state index in [0.29, 0.717) is 24.6 Å². The lowest BCUT2D eigenvalue weighted by molar-refractivity contribution is -0.940. The summed E-state index contributed by atoms with van der Waals surface area (Å²) in [6.45, 7) is 2.76. The van der Waals surface area contributed by atoms with Crippen molar-refractivity contribution in [2.24, 2.45) is 5.92 Å². The van der Waals surface area contributed by atoms with Crippen LogP contribution in [-0.4, -0.2) is 31.7 Å². The Hall–Kier alpha value is -1.49. The van der Waals surface area contributed by atoms with Crippen molar-refractivity contribution in [2.75, 3.05) is 19.7 Å². The number of hydrogen-bond acceptors (Lipinski definition) is 2. The molecule has 2 aliphatic heterocycles. The second-order valence-electron chi connectivity index (χ2n) is 6.39. The summed E-state index contributed by atoms with van der Waals surface area (Å²) >= 11 is 0. The molecule has 0 spiro atoms. The third-order valence-corrected chi connectivity index (χ3v) is 5.01. The van der Waals surface area contributed by atoms with Crippen LogP contribution in [0.1, 0.15) is 42.5 Å². The van der Waals surface area contributed by atoms with Gasteiger partial charge in [0.15, 0.2) is 0 Å². The van der Waals surface area contributed by atoms with Crippen LogP contribution in [0.3, 0.4) is 0 Å². The number of benzene rings is 1. The Kier molecular flexibility index (Phi) is 4.71. The maximum absolute atomic E-state index is 13.6. The molecule has 22 heavy (non-hydrogen) atoms. The fourth-order valence-electron chi connectivity index (χ4n) is 3.89. The Balaban J connectivity index is 1.60. The number of carbonyl (C=O) groups excluding carboxylic acids is 1. The quantitative estimate of drug-likeness (QED) is 0.865. The van der Waals surface area contributed by atoms with E-state index < -0.39 is 17.6 Å². The number of rotatable bonds is 3. The summed E-state index contributed by atoms with van der Waals surface area (Å²) in [5.74, 6) is -1.89. The van der Waals surface area contributed by atoms with Crippen molar-refractivity contribution in [2.45, 2.75) is 38.1 Å². The normalized spacial score (nSPS) is 28.0. The maximum Gasteiger partial charge on any atom is 0.341 e. The predicted molar refractivity (Wildman–Crippen MR) is 77.7 cm³/mol. The monoisotopic (exact) mass is 310 g/mol. The Morgan fingerprint density at radius 1 is 1.18 bits per heavy atom. The highest BCUT2D eigenvalue weighted by Crippen LogP contribution is 2.21. The Bertz CT molecular complexity index is 547. The predicted octanol–water partition coefficient (Wildman–Crippen LogP) is 1.97. The van der Waals surface area contributed by atoms with Crippen LogP contribution in [0.2, 0.25) is 0 Å². The van der Waals surface area contributed by atoms with Crippen LogP contribution in [0.15, 0.2) is 18.2 Å². The van der Waals surface area contributed by atoms with Crippen molar-refractivity contribution in [1.29, 1.82) is 0 Å². The maximum atomic E-state index is 13.6. The van der Waals surface area contributed by atoms with E-state index >= 15 is 0 Å². The molecule has 3 rings (SSSR count). The van der Waals surface area contributed by atoms with Crippen molar-refractivity contribution in [3.63, 3.8) is 0 Å². The molecule has 2 saturated heterocycles. The number of ether oxygens (including phenoxy) is 1. The molecule has 2 aliphatic rings. The number of carbonyl (C=O) groups is 1. The number of piperidine rings is 2. The van der Waals surface area contributed by atoms with Gasteiger partial charge in [0.2, 0.25) is 0 Å². The third kappa shape index (κ3) is 3.29. The molecule has 3 nitrogen and oxygen atoms in total. The molecule has 1 N–H and O–H groups in total. The van der Waals surface area contributed by atoms with Crippen LogP contribution in [-0.2, 0) is 4.74 Å². The summed E-state index contributed by atoms with van der Waals surface area (Å²) in [5, 5.41) is 0. The zero-order chi connectivity index (χ0) is 15.5. The van der Waals surface area contributed by atoms with Gasteiger partial charge < -0.3 is 9.64 Å². The molecular formula is C17H22F2NO2+. The number of nitrogens with one attached hydrogen (secondary N) is 1. The molecule has 0 saturated carbocycles. The highest BCUT2D eigenvalue weighted by Gasteiger charge is 2.37. The molecule has 0 bridgehead atoms. The molecule has 1 aromatic carbocycles. The number of quaternary nitrogens is 1. The van der Waals surface area contributed by atoms with Gasteiger partial charge in [-0.25, -0.2) is 13.6 Å².